The van der Waals surface area contributed by atoms with E-state index in [0.29, 0.717) is 25.4 Å². The molecule has 1 aromatic heterocycles. The number of carbonyl (C=O) groups excluding carboxylic acids is 1. The Bertz CT molecular complexity index is 668. The smallest absolute Gasteiger partial charge is 0.274 e. The molecule has 0 bridgehead atoms. The summed E-state index contributed by atoms with van der Waals surface area (Å²) in [6, 6.07) is 5.99. The van der Waals surface area contributed by atoms with Crippen LogP contribution in [-0.2, 0) is 4.74 Å². The number of aromatic nitrogens is 1. The van der Waals surface area contributed by atoms with E-state index in [2.05, 4.69) is 4.37 Å². The number of ether oxygens (including phenoxy) is 1. The van der Waals surface area contributed by atoms with Gasteiger partial charge in [-0.2, -0.15) is 4.37 Å². The van der Waals surface area contributed by atoms with Crippen LogP contribution in [0.3, 0.4) is 0 Å². The Morgan fingerprint density at radius 1 is 1.57 bits per heavy atom. The monoisotopic (exact) mass is 305 g/mol. The van der Waals surface area contributed by atoms with E-state index in [-0.39, 0.29) is 18.1 Å². The van der Waals surface area contributed by atoms with Crippen molar-refractivity contribution in [1.29, 1.82) is 0 Å². The first-order valence-electron chi connectivity index (χ1n) is 7.09. The van der Waals surface area contributed by atoms with Crippen molar-refractivity contribution < 1.29 is 9.53 Å². The highest BCUT2D eigenvalue weighted by Crippen LogP contribution is 2.25. The molecule has 2 aromatic rings. The molecule has 6 heteroatoms. The fraction of sp³-hybridized carbons (Fsp3) is 0.467. The number of carbonyl (C=O) groups is 1. The summed E-state index contributed by atoms with van der Waals surface area (Å²) in [5.41, 5.74) is 7.56. The second-order valence-corrected chi connectivity index (χ2v) is 6.36. The van der Waals surface area contributed by atoms with Crippen molar-refractivity contribution in [2.75, 3.05) is 19.7 Å². The number of hydrogen-bond donors (Lipinski definition) is 1. The van der Waals surface area contributed by atoms with Crippen LogP contribution in [0.25, 0.3) is 10.1 Å². The van der Waals surface area contributed by atoms with Crippen LogP contribution in [0.4, 0.5) is 0 Å². The van der Waals surface area contributed by atoms with Crippen molar-refractivity contribution in [3.05, 3.63) is 29.5 Å². The van der Waals surface area contributed by atoms with Crippen molar-refractivity contribution in [2.24, 2.45) is 5.73 Å². The van der Waals surface area contributed by atoms with Crippen LogP contribution in [0, 0.1) is 6.92 Å². The Morgan fingerprint density at radius 3 is 3.14 bits per heavy atom. The number of hydrogen-bond acceptors (Lipinski definition) is 5. The molecule has 2 atom stereocenters. The summed E-state index contributed by atoms with van der Waals surface area (Å²) < 4.78 is 11.0. The highest BCUT2D eigenvalue weighted by Gasteiger charge is 2.29. The summed E-state index contributed by atoms with van der Waals surface area (Å²) in [5.74, 6) is -0.0270. The lowest BCUT2D eigenvalue weighted by molar-refractivity contribution is -0.0300. The van der Waals surface area contributed by atoms with Crippen molar-refractivity contribution in [2.45, 2.75) is 26.0 Å². The third-order valence-electron chi connectivity index (χ3n) is 3.80. The topological polar surface area (TPSA) is 68.5 Å². The summed E-state index contributed by atoms with van der Waals surface area (Å²) in [6.07, 6.45) is -0.102. The third kappa shape index (κ3) is 2.79. The molecule has 1 saturated heterocycles. The van der Waals surface area contributed by atoms with Gasteiger partial charge >= 0.3 is 0 Å². The lowest BCUT2D eigenvalue weighted by Gasteiger charge is -2.34. The minimum absolute atomic E-state index is 0.0270. The second kappa shape index (κ2) is 5.71. The van der Waals surface area contributed by atoms with Crippen LogP contribution in [-0.4, -0.2) is 47.0 Å². The molecule has 1 fully saturated rings. The van der Waals surface area contributed by atoms with Gasteiger partial charge in [-0.3, -0.25) is 4.79 Å². The normalized spacial score (nSPS) is 20.7. The Labute approximate surface area is 127 Å². The lowest BCUT2D eigenvalue weighted by Crippen LogP contribution is -2.51. The van der Waals surface area contributed by atoms with Gasteiger partial charge in [0.25, 0.3) is 5.91 Å². The number of amides is 1. The van der Waals surface area contributed by atoms with Gasteiger partial charge in [0.15, 0.2) is 0 Å². The minimum atomic E-state index is -0.102. The fourth-order valence-electron chi connectivity index (χ4n) is 2.53. The van der Waals surface area contributed by atoms with Gasteiger partial charge in [0.2, 0.25) is 0 Å². The molecule has 0 saturated carbocycles. The van der Waals surface area contributed by atoms with E-state index in [9.17, 15) is 4.79 Å². The van der Waals surface area contributed by atoms with E-state index >= 15 is 0 Å². The van der Waals surface area contributed by atoms with E-state index in [1.54, 1.807) is 4.90 Å². The zero-order valence-corrected chi connectivity index (χ0v) is 13.0. The summed E-state index contributed by atoms with van der Waals surface area (Å²) in [4.78, 5) is 14.5. The zero-order chi connectivity index (χ0) is 15.0. The maximum atomic E-state index is 12.7. The van der Waals surface area contributed by atoms with E-state index in [4.69, 9.17) is 10.5 Å². The van der Waals surface area contributed by atoms with Crippen LogP contribution in [0.2, 0.25) is 0 Å². The molecule has 3 rings (SSSR count). The first-order chi connectivity index (χ1) is 10.1. The van der Waals surface area contributed by atoms with Gasteiger partial charge in [0, 0.05) is 24.5 Å². The van der Waals surface area contributed by atoms with Gasteiger partial charge in [-0.1, -0.05) is 11.6 Å². The highest BCUT2D eigenvalue weighted by atomic mass is 32.1. The first-order valence-corrected chi connectivity index (χ1v) is 7.86. The molecule has 1 aliphatic rings. The van der Waals surface area contributed by atoms with Gasteiger partial charge in [-0.25, -0.2) is 0 Å². The lowest BCUT2D eigenvalue weighted by atomic mass is 10.1. The molecule has 1 aliphatic heterocycles. The van der Waals surface area contributed by atoms with Crippen LogP contribution in [0.5, 0.6) is 0 Å². The predicted octanol–water partition coefficient (Wildman–Crippen LogP) is 1.79. The minimum Gasteiger partial charge on any atom is -0.373 e. The molecule has 2 heterocycles. The average molecular weight is 305 g/mol. The van der Waals surface area contributed by atoms with E-state index in [0.717, 1.165) is 15.6 Å². The molecule has 2 N–H and O–H groups in total. The molecule has 0 spiro atoms. The maximum absolute atomic E-state index is 12.7. The predicted molar refractivity (Wildman–Crippen MR) is 83.6 cm³/mol. The van der Waals surface area contributed by atoms with Crippen molar-refractivity contribution in [3.63, 3.8) is 0 Å². The molecule has 0 aliphatic carbocycles. The van der Waals surface area contributed by atoms with Crippen LogP contribution < -0.4 is 5.73 Å². The van der Waals surface area contributed by atoms with Crippen molar-refractivity contribution in [1.82, 2.24) is 9.27 Å². The summed E-state index contributed by atoms with van der Waals surface area (Å²) in [7, 11) is 0. The number of nitrogens with zero attached hydrogens (tertiary/aromatic N) is 2. The average Bonchev–Trinajstić information content (AvgIpc) is 2.89. The quantitative estimate of drug-likeness (QED) is 0.918. The Morgan fingerprint density at radius 2 is 2.38 bits per heavy atom. The van der Waals surface area contributed by atoms with Crippen LogP contribution in [0.1, 0.15) is 23.0 Å². The molecule has 1 amide bonds. The van der Waals surface area contributed by atoms with Gasteiger partial charge < -0.3 is 15.4 Å². The third-order valence-corrected chi connectivity index (χ3v) is 4.62. The number of nitrogens with two attached hydrogens (primary N) is 1. The molecular weight excluding hydrogens is 286 g/mol. The Balaban J connectivity index is 1.88. The SMILES string of the molecule is Cc1ccc2snc(C(=O)N3CCOC(C(C)N)C3)c2c1. The molecular formula is C15H19N3O2S. The number of morpholine rings is 1. The Hall–Kier alpha value is -1.50. The fourth-order valence-corrected chi connectivity index (χ4v) is 3.28. The van der Waals surface area contributed by atoms with E-state index in [1.807, 2.05) is 32.0 Å². The van der Waals surface area contributed by atoms with Crippen LogP contribution >= 0.6 is 11.5 Å². The number of aryl methyl sites for hydroxylation is 1. The first kappa shape index (κ1) is 14.4. The molecule has 21 heavy (non-hydrogen) atoms. The molecule has 1 aromatic carbocycles. The molecule has 0 radical (unpaired) electrons. The standard InChI is InChI=1S/C15H19N3O2S/c1-9-3-4-13-11(7-9)14(17-21-13)15(19)18-5-6-20-12(8-18)10(2)16/h3-4,7,10,12H,5-6,8,16H2,1-2H3. The number of benzene rings is 1. The highest BCUT2D eigenvalue weighted by molar-refractivity contribution is 7.13. The zero-order valence-electron chi connectivity index (χ0n) is 12.2. The van der Waals surface area contributed by atoms with Gasteiger partial charge in [0.05, 0.1) is 17.4 Å². The summed E-state index contributed by atoms with van der Waals surface area (Å²) in [5, 5.41) is 0.939. The van der Waals surface area contributed by atoms with Crippen molar-refractivity contribution in [3.8, 4) is 0 Å². The second-order valence-electron chi connectivity index (χ2n) is 5.55. The van der Waals surface area contributed by atoms with Crippen LogP contribution in [0.15, 0.2) is 18.2 Å². The maximum Gasteiger partial charge on any atom is 0.274 e. The van der Waals surface area contributed by atoms with Gasteiger partial charge in [-0.05, 0) is 37.5 Å². The number of rotatable bonds is 2. The summed E-state index contributed by atoms with van der Waals surface area (Å²) in [6.45, 7) is 5.57. The largest absolute Gasteiger partial charge is 0.373 e. The van der Waals surface area contributed by atoms with E-state index < -0.39 is 0 Å². The van der Waals surface area contributed by atoms with Gasteiger partial charge in [-0.15, -0.1) is 0 Å². The molecule has 112 valence electrons. The molecule has 2 unspecified atom stereocenters. The summed E-state index contributed by atoms with van der Waals surface area (Å²) >= 11 is 1.37. The molecule has 5 nitrogen and oxygen atoms in total. The number of fused-ring (bicyclic) bond motifs is 1. The van der Waals surface area contributed by atoms with Crippen molar-refractivity contribution >= 4 is 27.5 Å². The Kier molecular flexibility index (Phi) is 3.93. The van der Waals surface area contributed by atoms with E-state index in [1.165, 1.54) is 11.5 Å². The van der Waals surface area contributed by atoms with Gasteiger partial charge in [0.1, 0.15) is 5.69 Å².